The van der Waals surface area contributed by atoms with Crippen molar-refractivity contribution in [1.82, 2.24) is 0 Å². The van der Waals surface area contributed by atoms with Crippen molar-refractivity contribution in [3.8, 4) is 0 Å². The molecule has 0 aromatic carbocycles. The predicted molar refractivity (Wildman–Crippen MR) is 86.5 cm³/mol. The van der Waals surface area contributed by atoms with Gasteiger partial charge in [-0.2, -0.15) is 8.42 Å². The van der Waals surface area contributed by atoms with Crippen molar-refractivity contribution in [2.45, 2.75) is 32.7 Å². The maximum atomic E-state index is 12.7. The lowest BCUT2D eigenvalue weighted by atomic mass is 9.90. The first-order chi connectivity index (χ1) is 11.5. The zero-order valence-corrected chi connectivity index (χ0v) is 17.2. The van der Waals surface area contributed by atoms with Crippen molar-refractivity contribution in [1.29, 1.82) is 0 Å². The fraction of sp³-hybridized carbons (Fsp3) is 0.846. The van der Waals surface area contributed by atoms with E-state index in [-0.39, 0.29) is 0 Å². The van der Waals surface area contributed by atoms with E-state index >= 15 is 0 Å². The normalized spacial score (nSPS) is 49.2. The Hall–Kier alpha value is -0.270. The lowest BCUT2D eigenvalue weighted by Crippen LogP contribution is -2.65. The summed E-state index contributed by atoms with van der Waals surface area (Å²) in [5.74, 6) is -4.51. The molecule has 0 aromatic heterocycles. The summed E-state index contributed by atoms with van der Waals surface area (Å²) in [6, 6.07) is 0. The highest BCUT2D eigenvalue weighted by atomic mass is 79.9. The van der Waals surface area contributed by atoms with Gasteiger partial charge < -0.3 is 18.9 Å². The second kappa shape index (κ2) is 4.96. The molecule has 0 aromatic rings. The van der Waals surface area contributed by atoms with Crippen LogP contribution in [0, 0.1) is 11.8 Å². The quantitative estimate of drug-likeness (QED) is 0.220. The fourth-order valence-electron chi connectivity index (χ4n) is 4.88. The first-order valence-electron chi connectivity index (χ1n) is 7.28. The summed E-state index contributed by atoms with van der Waals surface area (Å²) >= 11 is 6.81. The third-order valence-corrected chi connectivity index (χ3v) is 8.88. The van der Waals surface area contributed by atoms with Crippen molar-refractivity contribution in [2.75, 3.05) is 20.5 Å². The Morgan fingerprint density at radius 2 is 1.36 bits per heavy atom. The molecule has 7 atom stereocenters. The van der Waals surface area contributed by atoms with Crippen molar-refractivity contribution in [3.63, 3.8) is 0 Å². The van der Waals surface area contributed by atoms with Gasteiger partial charge in [-0.15, -0.1) is 0 Å². The Labute approximate surface area is 160 Å². The number of hydrogen-bond acceptors (Lipinski definition) is 9. The minimum atomic E-state index is -3.88. The number of carbonyl (C=O) groups excluding carboxylic acids is 2. The van der Waals surface area contributed by atoms with E-state index in [0.29, 0.717) is 0 Å². The standard InChI is InChI=1S/C13H14Br2O9S/c1-20-13(21-2)11(14)4-5-7(23-10(17)12(5,13)15)8(24-25(3,18)19)6(4)22-9(11)16/h4-8H,1-3H3/t4-,5+,6-,7+,8?,11+,12-. The number of alkyl halides is 2. The summed E-state index contributed by atoms with van der Waals surface area (Å²) in [7, 11) is -1.26. The smallest absolute Gasteiger partial charge is 0.329 e. The van der Waals surface area contributed by atoms with Gasteiger partial charge in [0, 0.05) is 26.1 Å². The molecular formula is C13H14Br2O9S. The monoisotopic (exact) mass is 504 g/mol. The van der Waals surface area contributed by atoms with Crippen molar-refractivity contribution >= 4 is 53.9 Å². The Bertz CT molecular complexity index is 736. The second-order valence-corrected chi connectivity index (χ2v) is 10.6. The second-order valence-electron chi connectivity index (χ2n) is 6.50. The van der Waals surface area contributed by atoms with Crippen LogP contribution in [0.2, 0.25) is 0 Å². The molecule has 9 nitrogen and oxygen atoms in total. The molecule has 4 fully saturated rings. The van der Waals surface area contributed by atoms with Crippen LogP contribution in [0.5, 0.6) is 0 Å². The van der Waals surface area contributed by atoms with E-state index < -0.39 is 66.6 Å². The van der Waals surface area contributed by atoms with Crippen LogP contribution in [-0.2, 0) is 42.8 Å². The summed E-state index contributed by atoms with van der Waals surface area (Å²) in [5.41, 5.74) is 0. The summed E-state index contributed by atoms with van der Waals surface area (Å²) in [5, 5.41) is 0. The molecule has 2 saturated heterocycles. The van der Waals surface area contributed by atoms with Crippen LogP contribution >= 0.6 is 31.9 Å². The zero-order chi connectivity index (χ0) is 18.6. The summed E-state index contributed by atoms with van der Waals surface area (Å²) in [6.45, 7) is 0. The van der Waals surface area contributed by atoms with Crippen molar-refractivity contribution in [2.24, 2.45) is 11.8 Å². The molecule has 0 bridgehead atoms. The van der Waals surface area contributed by atoms with Gasteiger partial charge in [-0.05, 0) is 0 Å². The number of ether oxygens (including phenoxy) is 4. The average Bonchev–Trinajstić information content (AvgIpc) is 3.09. The third kappa shape index (κ3) is 1.72. The van der Waals surface area contributed by atoms with E-state index in [1.54, 1.807) is 0 Å². The molecule has 4 rings (SSSR count). The first kappa shape index (κ1) is 18.1. The molecular weight excluding hydrogens is 492 g/mol. The van der Waals surface area contributed by atoms with Crippen LogP contribution in [0.25, 0.3) is 0 Å². The highest BCUT2D eigenvalue weighted by molar-refractivity contribution is 9.11. The van der Waals surface area contributed by atoms with Gasteiger partial charge in [-0.3, -0.25) is 13.8 Å². The molecule has 4 aliphatic rings. The lowest BCUT2D eigenvalue weighted by Gasteiger charge is -2.42. The van der Waals surface area contributed by atoms with E-state index in [1.807, 2.05) is 0 Å². The molecule has 0 spiro atoms. The molecule has 0 radical (unpaired) electrons. The van der Waals surface area contributed by atoms with Crippen LogP contribution < -0.4 is 0 Å². The number of hydrogen-bond donors (Lipinski definition) is 0. The largest absolute Gasteiger partial charge is 0.458 e. The van der Waals surface area contributed by atoms with Crippen LogP contribution in [0.15, 0.2) is 0 Å². The molecule has 2 aliphatic heterocycles. The van der Waals surface area contributed by atoms with E-state index in [1.165, 1.54) is 14.2 Å². The minimum Gasteiger partial charge on any atom is -0.458 e. The number of methoxy groups -OCH3 is 2. The van der Waals surface area contributed by atoms with Gasteiger partial charge in [0.15, 0.2) is 14.8 Å². The van der Waals surface area contributed by atoms with Gasteiger partial charge >= 0.3 is 11.9 Å². The van der Waals surface area contributed by atoms with Crippen LogP contribution in [0.3, 0.4) is 0 Å². The highest BCUT2D eigenvalue weighted by Crippen LogP contribution is 2.74. The lowest BCUT2D eigenvalue weighted by molar-refractivity contribution is -0.231. The van der Waals surface area contributed by atoms with Gasteiger partial charge in [0.2, 0.25) is 5.79 Å². The Balaban J connectivity index is 1.94. The maximum absolute atomic E-state index is 12.7. The predicted octanol–water partition coefficient (Wildman–Crippen LogP) is -0.302. The average molecular weight is 506 g/mol. The van der Waals surface area contributed by atoms with Crippen molar-refractivity contribution < 1.29 is 41.1 Å². The minimum absolute atomic E-state index is 0.664. The molecule has 2 saturated carbocycles. The van der Waals surface area contributed by atoms with Gasteiger partial charge in [0.05, 0.1) is 6.26 Å². The fourth-order valence-corrected chi connectivity index (χ4v) is 8.32. The highest BCUT2D eigenvalue weighted by Gasteiger charge is 2.93. The van der Waals surface area contributed by atoms with E-state index in [9.17, 15) is 18.0 Å². The van der Waals surface area contributed by atoms with Crippen molar-refractivity contribution in [3.05, 3.63) is 0 Å². The third-order valence-electron chi connectivity index (χ3n) is 5.56. The molecule has 2 aliphatic carbocycles. The molecule has 25 heavy (non-hydrogen) atoms. The van der Waals surface area contributed by atoms with E-state index in [2.05, 4.69) is 31.9 Å². The molecule has 1 unspecified atom stereocenters. The van der Waals surface area contributed by atoms with Gasteiger partial charge in [-0.25, -0.2) is 0 Å². The Morgan fingerprint density at radius 1 is 0.960 bits per heavy atom. The van der Waals surface area contributed by atoms with Gasteiger partial charge in [0.1, 0.15) is 12.2 Å². The Morgan fingerprint density at radius 3 is 1.68 bits per heavy atom. The SMILES string of the molecule is COC1(OC)[C@@]2(Br)C(=O)O[C@H]3C(OS(C)(=O)=O)[C@H]4OC(=O)[C@]1(Br)[C@H]4[C@H]32. The number of carbonyl (C=O) groups is 2. The van der Waals surface area contributed by atoms with E-state index in [4.69, 9.17) is 23.1 Å². The maximum Gasteiger partial charge on any atom is 0.329 e. The Kier molecular flexibility index (Phi) is 3.59. The van der Waals surface area contributed by atoms with Gasteiger partial charge in [-0.1, -0.05) is 31.9 Å². The number of halogens is 2. The van der Waals surface area contributed by atoms with Crippen LogP contribution in [0.4, 0.5) is 0 Å². The number of esters is 2. The van der Waals surface area contributed by atoms with Crippen LogP contribution in [-0.4, -0.2) is 73.6 Å². The topological polar surface area (TPSA) is 114 Å². The first-order valence-corrected chi connectivity index (χ1v) is 10.7. The summed E-state index contributed by atoms with van der Waals surface area (Å²) < 4.78 is 47.3. The summed E-state index contributed by atoms with van der Waals surface area (Å²) in [4.78, 5) is 25.5. The zero-order valence-electron chi connectivity index (χ0n) is 13.2. The number of rotatable bonds is 4. The molecule has 0 amide bonds. The molecule has 12 heteroatoms. The van der Waals surface area contributed by atoms with Crippen LogP contribution in [0.1, 0.15) is 0 Å². The molecule has 0 N–H and O–H groups in total. The van der Waals surface area contributed by atoms with Gasteiger partial charge in [0.25, 0.3) is 10.1 Å². The molecule has 140 valence electrons. The van der Waals surface area contributed by atoms with E-state index in [0.717, 1.165) is 6.26 Å². The molecule has 2 heterocycles. The summed E-state index contributed by atoms with van der Waals surface area (Å²) in [6.07, 6.45) is -2.13.